The second-order valence-corrected chi connectivity index (χ2v) is 21.5. The van der Waals surface area contributed by atoms with Gasteiger partial charge >= 0.3 is 21.1 Å². The average molecular weight is 1080 g/mol. The molecule has 0 aliphatic carbocycles. The first-order chi connectivity index (χ1) is 32.0. The van der Waals surface area contributed by atoms with Gasteiger partial charge < -0.3 is 19.2 Å². The summed E-state index contributed by atoms with van der Waals surface area (Å²) in [5.74, 6) is 4.11. The van der Waals surface area contributed by atoms with Crippen molar-refractivity contribution in [2.24, 2.45) is 4.99 Å². The molecule has 2 aromatic heterocycles. The molecule has 5 nitrogen and oxygen atoms in total. The van der Waals surface area contributed by atoms with E-state index >= 15 is 0 Å². The third kappa shape index (κ3) is 8.13. The van der Waals surface area contributed by atoms with Crippen molar-refractivity contribution in [1.82, 2.24) is 9.55 Å². The molecule has 0 N–H and O–H groups in total. The van der Waals surface area contributed by atoms with Crippen LogP contribution < -0.4 is 9.64 Å². The fourth-order valence-corrected chi connectivity index (χ4v) is 10.7. The van der Waals surface area contributed by atoms with Crippen LogP contribution in [-0.4, -0.2) is 28.0 Å². The summed E-state index contributed by atoms with van der Waals surface area (Å²) in [6, 6.07) is 52.1. The number of aryl methyl sites for hydroxylation is 1. The predicted molar refractivity (Wildman–Crippen MR) is 279 cm³/mol. The number of para-hydroxylation sites is 1. The van der Waals surface area contributed by atoms with Gasteiger partial charge in [0.25, 0.3) is 0 Å². The first-order valence-corrected chi connectivity index (χ1v) is 24.4. The van der Waals surface area contributed by atoms with E-state index in [1.54, 1.807) is 0 Å². The van der Waals surface area contributed by atoms with Crippen molar-refractivity contribution in [2.45, 2.75) is 124 Å². The Morgan fingerprint density at radius 3 is 1.94 bits per heavy atom. The van der Waals surface area contributed by atoms with Crippen LogP contribution >= 0.6 is 0 Å². The maximum absolute atomic E-state index is 7.12. The Morgan fingerprint density at radius 1 is 0.691 bits per heavy atom. The molecule has 0 spiro atoms. The number of nitrogens with zero attached hydrogens (tertiary/aromatic N) is 4. The van der Waals surface area contributed by atoms with E-state index in [0.717, 1.165) is 40.2 Å². The molecular weight excluding hydrogens is 1010 g/mol. The fourth-order valence-electron chi connectivity index (χ4n) is 10.7. The Hall–Kier alpha value is -5.77. The van der Waals surface area contributed by atoms with Crippen LogP contribution in [0.4, 0.5) is 5.69 Å². The first kappa shape index (κ1) is 47.3. The summed E-state index contributed by atoms with van der Waals surface area (Å²) < 4.78 is 9.45. The van der Waals surface area contributed by atoms with E-state index in [1.165, 1.54) is 61.1 Å². The smallest absolute Gasteiger partial charge is 0.503 e. The number of aromatic nitrogens is 2. The van der Waals surface area contributed by atoms with Gasteiger partial charge in [-0.3, -0.25) is 0 Å². The molecule has 10 rings (SSSR count). The Morgan fingerprint density at radius 2 is 1.34 bits per heavy atom. The van der Waals surface area contributed by atoms with Crippen LogP contribution in [0.3, 0.4) is 0 Å². The Balaban J connectivity index is 0.00000578. The summed E-state index contributed by atoms with van der Waals surface area (Å²) >= 11 is 0. The van der Waals surface area contributed by atoms with Crippen molar-refractivity contribution in [3.8, 4) is 17.3 Å². The summed E-state index contributed by atoms with van der Waals surface area (Å²) in [5, 5.41) is 2.38. The zero-order chi connectivity index (χ0) is 47.1. The van der Waals surface area contributed by atoms with Gasteiger partial charge in [0.1, 0.15) is 5.82 Å². The summed E-state index contributed by atoms with van der Waals surface area (Å²) in [4.78, 5) is 13.4. The number of amidine groups is 1. The normalized spacial score (nSPS) is 15.4. The molecule has 0 unspecified atom stereocenters. The van der Waals surface area contributed by atoms with Crippen LogP contribution in [0, 0.1) is 19.1 Å². The summed E-state index contributed by atoms with van der Waals surface area (Å²) in [6.07, 6.45) is 1.91. The molecule has 0 amide bonds. The van der Waals surface area contributed by atoms with Gasteiger partial charge in [0.2, 0.25) is 0 Å². The van der Waals surface area contributed by atoms with Gasteiger partial charge in [0, 0.05) is 52.3 Å². The molecule has 0 fully saturated rings. The van der Waals surface area contributed by atoms with E-state index in [9.17, 15) is 0 Å². The minimum Gasteiger partial charge on any atom is -0.503 e. The monoisotopic (exact) mass is 1080 g/mol. The number of pyridine rings is 1. The van der Waals surface area contributed by atoms with Gasteiger partial charge in [-0.25, -0.2) is 4.98 Å². The second kappa shape index (κ2) is 18.0. The standard InChI is InChI=1S/C62H64N4O.Pt/c1-37(2)43-30-44(59-64-53(56(41-21-15-13-16-22-41)42-23-17-14-18-24-42)36-65(59)57-47(38(3)4)25-19-26-48(57)39(5)6)32-46(31-43)67-55-35-54-49(29-40(55)7)50-33-45(61(8,9)10)34-52-58(50)66(54)60-51(62(52,11)12)27-20-28-63-60;/h13-31,33-34,37-39,53,56H,36H2,1-12H3;/q-2;+2/t53-;/m0./s1. The number of anilines is 1. The van der Waals surface area contributed by atoms with E-state index < -0.39 is 0 Å². The molecule has 0 bridgehead atoms. The van der Waals surface area contributed by atoms with E-state index in [0.29, 0.717) is 23.3 Å². The van der Waals surface area contributed by atoms with Crippen molar-refractivity contribution in [3.05, 3.63) is 195 Å². The number of ether oxygens (including phenoxy) is 1. The number of hydrogen-bond donors (Lipinski definition) is 0. The second-order valence-electron chi connectivity index (χ2n) is 21.5. The summed E-state index contributed by atoms with van der Waals surface area (Å²) in [5.41, 5.74) is 15.3. The Bertz CT molecular complexity index is 3140. The molecule has 6 aromatic carbocycles. The Kier molecular flexibility index (Phi) is 12.5. The van der Waals surface area contributed by atoms with Gasteiger partial charge in [0.05, 0.1) is 11.9 Å². The number of aliphatic imine (C=N–C) groups is 1. The van der Waals surface area contributed by atoms with Gasteiger partial charge in [-0.2, -0.15) is 6.07 Å². The van der Waals surface area contributed by atoms with E-state index in [1.807, 2.05) is 6.20 Å². The molecule has 0 saturated heterocycles. The van der Waals surface area contributed by atoms with Crippen LogP contribution in [0.5, 0.6) is 11.5 Å². The van der Waals surface area contributed by atoms with Crippen molar-refractivity contribution < 1.29 is 25.8 Å². The first-order valence-electron chi connectivity index (χ1n) is 24.4. The topological polar surface area (TPSA) is 42.6 Å². The molecule has 1 atom stereocenters. The van der Waals surface area contributed by atoms with E-state index in [4.69, 9.17) is 14.7 Å². The molecule has 4 heterocycles. The number of fused-ring (bicyclic) bond motifs is 5. The average Bonchev–Trinajstić information content (AvgIpc) is 3.88. The van der Waals surface area contributed by atoms with Gasteiger partial charge in [0.15, 0.2) is 0 Å². The quantitative estimate of drug-likeness (QED) is 0.128. The molecule has 6 heteroatoms. The summed E-state index contributed by atoms with van der Waals surface area (Å²) in [6.45, 7) is 28.2. The zero-order valence-electron chi connectivity index (χ0n) is 41.7. The number of benzene rings is 6. The predicted octanol–water partition coefficient (Wildman–Crippen LogP) is 15.7. The van der Waals surface area contributed by atoms with Crippen LogP contribution in [-0.2, 0) is 31.9 Å². The van der Waals surface area contributed by atoms with Crippen LogP contribution in [0.25, 0.3) is 27.6 Å². The molecule has 0 saturated carbocycles. The van der Waals surface area contributed by atoms with Crippen LogP contribution in [0.1, 0.15) is 155 Å². The minimum absolute atomic E-state index is 0. The number of rotatable bonds is 10. The maximum Gasteiger partial charge on any atom is 2.00 e. The molecule has 348 valence electrons. The third-order valence-corrected chi connectivity index (χ3v) is 14.5. The SMILES string of the molecule is Cc1cc2c3cc(C(C)(C)C)cc4c3n(c2[c-]c1Oc1[c-]c(C2=N[C@H](C(c3ccccc3)c3ccccc3)CN2c2c(C(C)C)cccc2C(C)C)cc(C(C)C)c1)-c1ncccc1C4(C)C.[Pt+2]. The zero-order valence-corrected chi connectivity index (χ0v) is 44.0. The van der Waals surface area contributed by atoms with Crippen molar-refractivity contribution in [2.75, 3.05) is 11.4 Å². The summed E-state index contributed by atoms with van der Waals surface area (Å²) in [7, 11) is 0. The van der Waals surface area contributed by atoms with Crippen LogP contribution in [0.2, 0.25) is 0 Å². The molecule has 68 heavy (non-hydrogen) atoms. The van der Waals surface area contributed by atoms with Crippen molar-refractivity contribution in [1.29, 1.82) is 0 Å². The third-order valence-electron chi connectivity index (χ3n) is 14.5. The van der Waals surface area contributed by atoms with Gasteiger partial charge in [-0.15, -0.1) is 34.2 Å². The molecule has 2 aliphatic rings. The maximum atomic E-state index is 7.12. The van der Waals surface area contributed by atoms with E-state index in [2.05, 4.69) is 226 Å². The molecule has 2 aliphatic heterocycles. The van der Waals surface area contributed by atoms with Crippen molar-refractivity contribution in [3.63, 3.8) is 0 Å². The van der Waals surface area contributed by atoms with Gasteiger partial charge in [-0.1, -0.05) is 198 Å². The largest absolute Gasteiger partial charge is 2.00 e. The van der Waals surface area contributed by atoms with Gasteiger partial charge in [-0.05, 0) is 68.0 Å². The van der Waals surface area contributed by atoms with Crippen LogP contribution in [0.15, 0.2) is 133 Å². The molecule has 8 aromatic rings. The number of hydrogen-bond acceptors (Lipinski definition) is 4. The fraction of sp³-hybridized carbons (Fsp3) is 0.323. The molecule has 0 radical (unpaired) electrons. The minimum atomic E-state index is -0.242. The van der Waals surface area contributed by atoms with Crippen molar-refractivity contribution >= 4 is 33.3 Å². The molecular formula is C62H64N4OPt. The Labute approximate surface area is 419 Å². The van der Waals surface area contributed by atoms with E-state index in [-0.39, 0.29) is 49.8 Å².